The summed E-state index contributed by atoms with van der Waals surface area (Å²) in [7, 11) is 0. The van der Waals surface area contributed by atoms with Crippen molar-refractivity contribution in [2.45, 2.75) is 0 Å². The van der Waals surface area contributed by atoms with Gasteiger partial charge >= 0.3 is 76.2 Å². The molecule has 0 saturated carbocycles. The minimum absolute atomic E-state index is 0. The first-order valence-corrected chi connectivity index (χ1v) is 1.34. The van der Waals surface area contributed by atoms with E-state index in [0.29, 0.717) is 0 Å². The van der Waals surface area contributed by atoms with Crippen LogP contribution in [0.3, 0.4) is 0 Å². The Labute approximate surface area is 145 Å². The SMILES string of the molecule is [C-]#N.[C-]#N.[C-]#N.[C-]#N.[C-]#N.[C-]#N.[Fe+6].[Na+].[Na+]. The molecule has 6 nitrogen and oxygen atoms in total. The minimum atomic E-state index is 0. The van der Waals surface area contributed by atoms with Crippen molar-refractivity contribution in [2.75, 3.05) is 0 Å². The molecule has 0 fully saturated rings. The van der Waals surface area contributed by atoms with Gasteiger partial charge in [0.25, 0.3) is 0 Å². The molecule has 0 spiro atoms. The standard InChI is InChI=1S/6CN.Fe.2Na/c6*1-2;;;/q6*-1;+6;2*+1. The maximum atomic E-state index is 6.25. The second-order valence-corrected chi connectivity index (χ2v) is 0. The third-order valence-corrected chi connectivity index (χ3v) is 0. The summed E-state index contributed by atoms with van der Waals surface area (Å²) in [6.45, 7) is 28.5. The molecule has 15 heavy (non-hydrogen) atoms. The molecule has 0 aromatic rings. The van der Waals surface area contributed by atoms with Gasteiger partial charge in [-0.05, 0) is 0 Å². The van der Waals surface area contributed by atoms with Gasteiger partial charge in [-0.25, -0.2) is 0 Å². The number of hydrogen-bond acceptors (Lipinski definition) is 6. The molecule has 0 N–H and O–H groups in total. The topological polar surface area (TPSA) is 143 Å². The van der Waals surface area contributed by atoms with Gasteiger partial charge in [0.2, 0.25) is 0 Å². The van der Waals surface area contributed by atoms with Crippen molar-refractivity contribution in [1.29, 1.82) is 31.6 Å². The van der Waals surface area contributed by atoms with E-state index < -0.39 is 0 Å². The fraction of sp³-hybridized carbons (Fsp3) is 0. The fourth-order valence-electron chi connectivity index (χ4n) is 0. The van der Waals surface area contributed by atoms with Gasteiger partial charge in [-0.2, -0.15) is 0 Å². The predicted octanol–water partition coefficient (Wildman–Crippen LogP) is -5.42. The van der Waals surface area contributed by atoms with Crippen LogP contribution in [0.5, 0.6) is 0 Å². The van der Waals surface area contributed by atoms with Crippen molar-refractivity contribution in [3.05, 3.63) is 39.4 Å². The quantitative estimate of drug-likeness (QED) is 0.313. The average molecular weight is 258 g/mol. The summed E-state index contributed by atoms with van der Waals surface area (Å²) in [5.41, 5.74) is 0. The third kappa shape index (κ3) is 6050. The number of rotatable bonds is 0. The molecule has 0 bridgehead atoms. The molecule has 0 atom stereocenters. The zero-order chi connectivity index (χ0) is 12.0. The Bertz CT molecular complexity index is 101. The summed E-state index contributed by atoms with van der Waals surface area (Å²) >= 11 is 0. The van der Waals surface area contributed by atoms with Crippen LogP contribution in [-0.4, -0.2) is 0 Å². The molecule has 0 saturated heterocycles. The monoisotopic (exact) mass is 258 g/mol. The summed E-state index contributed by atoms with van der Waals surface area (Å²) in [6.07, 6.45) is 0. The molecule has 0 aliphatic heterocycles. The van der Waals surface area contributed by atoms with Crippen molar-refractivity contribution >= 4 is 0 Å². The molecule has 0 aliphatic carbocycles. The molecule has 0 aliphatic rings. The first-order valence-electron chi connectivity index (χ1n) is 1.34. The first-order chi connectivity index (χ1) is 6.00. The van der Waals surface area contributed by atoms with E-state index in [1.54, 1.807) is 0 Å². The van der Waals surface area contributed by atoms with E-state index in [9.17, 15) is 0 Å². The largest absolute Gasteiger partial charge is 6.00 e. The van der Waals surface area contributed by atoms with Crippen LogP contribution in [0, 0.1) is 71.0 Å². The maximum absolute atomic E-state index is 6.25. The van der Waals surface area contributed by atoms with Crippen molar-refractivity contribution in [2.24, 2.45) is 0 Å². The van der Waals surface area contributed by atoms with Crippen molar-refractivity contribution in [3.8, 4) is 0 Å². The van der Waals surface area contributed by atoms with E-state index >= 15 is 0 Å². The van der Waals surface area contributed by atoms with Gasteiger partial charge in [0.1, 0.15) is 0 Å². The van der Waals surface area contributed by atoms with Crippen LogP contribution < -0.4 is 59.1 Å². The zero-order valence-corrected chi connectivity index (χ0v) is 13.1. The maximum Gasteiger partial charge on any atom is 6.00 e. The van der Waals surface area contributed by atoms with Crippen LogP contribution in [-0.2, 0) is 17.1 Å². The second kappa shape index (κ2) is 7150. The molecule has 62 valence electrons. The van der Waals surface area contributed by atoms with Gasteiger partial charge in [0.05, 0.1) is 0 Å². The predicted molar refractivity (Wildman–Crippen MR) is 29.8 cm³/mol. The van der Waals surface area contributed by atoms with Gasteiger partial charge in [-0.15, -0.1) is 0 Å². The Kier molecular flexibility index (Phi) is 41900. The van der Waals surface area contributed by atoms with E-state index in [0.717, 1.165) is 0 Å². The van der Waals surface area contributed by atoms with Gasteiger partial charge < -0.3 is 71.0 Å². The fourth-order valence-corrected chi connectivity index (χ4v) is 0. The molecule has 0 aromatic carbocycles. The van der Waals surface area contributed by atoms with E-state index in [-0.39, 0.29) is 76.2 Å². The molecule has 0 rings (SSSR count). The van der Waals surface area contributed by atoms with E-state index in [1.165, 1.54) is 0 Å². The normalized spacial score (nSPS) is 0.800. The van der Waals surface area contributed by atoms with Crippen LogP contribution in [0.1, 0.15) is 0 Å². The Hall–Kier alpha value is -0.541. The number of nitrogens with zero attached hydrogens (tertiary/aromatic N) is 6. The van der Waals surface area contributed by atoms with Gasteiger partial charge in [0, 0.05) is 0 Å². The molecule has 0 amide bonds. The summed E-state index contributed by atoms with van der Waals surface area (Å²) in [5, 5.41) is 37.5. The summed E-state index contributed by atoms with van der Waals surface area (Å²) in [5.74, 6) is 0. The molecular formula is C6FeN6Na2+2. The van der Waals surface area contributed by atoms with Gasteiger partial charge in [-0.3, -0.25) is 0 Å². The smallest absolute Gasteiger partial charge is 0.512 e. The first kappa shape index (κ1) is 87.9. The van der Waals surface area contributed by atoms with Crippen LogP contribution in [0.2, 0.25) is 0 Å². The Morgan fingerprint density at radius 3 is 0.333 bits per heavy atom. The van der Waals surface area contributed by atoms with Gasteiger partial charge in [-0.1, -0.05) is 0 Å². The summed E-state index contributed by atoms with van der Waals surface area (Å²) in [4.78, 5) is 0. The summed E-state index contributed by atoms with van der Waals surface area (Å²) < 4.78 is 0. The summed E-state index contributed by atoms with van der Waals surface area (Å²) in [6, 6.07) is 0. The minimum Gasteiger partial charge on any atom is -0.512 e. The molecule has 0 aromatic heterocycles. The van der Waals surface area contributed by atoms with E-state index in [2.05, 4.69) is 0 Å². The van der Waals surface area contributed by atoms with Crippen molar-refractivity contribution in [1.82, 2.24) is 0 Å². The van der Waals surface area contributed by atoms with Crippen LogP contribution in [0.15, 0.2) is 0 Å². The van der Waals surface area contributed by atoms with Crippen LogP contribution in [0.4, 0.5) is 0 Å². The molecule has 0 heterocycles. The van der Waals surface area contributed by atoms with Gasteiger partial charge in [0.15, 0.2) is 0 Å². The van der Waals surface area contributed by atoms with Crippen LogP contribution in [0.25, 0.3) is 0 Å². The Balaban J connectivity index is -0.00000000396. The Morgan fingerprint density at radius 1 is 0.333 bits per heavy atom. The zero-order valence-electron chi connectivity index (χ0n) is 8.04. The van der Waals surface area contributed by atoms with E-state index in [1.807, 2.05) is 0 Å². The number of hydrogen-bond donors (Lipinski definition) is 0. The van der Waals surface area contributed by atoms with E-state index in [4.69, 9.17) is 71.0 Å². The Morgan fingerprint density at radius 2 is 0.333 bits per heavy atom. The average Bonchev–Trinajstić information content (AvgIpc) is 2.33. The molecular weight excluding hydrogens is 258 g/mol. The molecule has 0 unspecified atom stereocenters. The van der Waals surface area contributed by atoms with Crippen LogP contribution >= 0.6 is 0 Å². The van der Waals surface area contributed by atoms with Crippen molar-refractivity contribution in [3.63, 3.8) is 0 Å². The second-order valence-electron chi connectivity index (χ2n) is 0. The molecule has 9 heteroatoms. The van der Waals surface area contributed by atoms with Crippen molar-refractivity contribution < 1.29 is 76.2 Å². The third-order valence-electron chi connectivity index (χ3n) is 0. The molecule has 0 radical (unpaired) electrons.